The van der Waals surface area contributed by atoms with Gasteiger partial charge in [-0.15, -0.1) is 24.0 Å². The zero-order valence-electron chi connectivity index (χ0n) is 16.3. The van der Waals surface area contributed by atoms with Crippen LogP contribution in [0.1, 0.15) is 12.0 Å². The highest BCUT2D eigenvalue weighted by Crippen LogP contribution is 2.26. The molecule has 0 radical (unpaired) electrons. The molecule has 2 aromatic rings. The van der Waals surface area contributed by atoms with E-state index in [0.717, 1.165) is 41.4 Å². The van der Waals surface area contributed by atoms with Crippen LogP contribution in [-0.2, 0) is 6.54 Å². The Bertz CT molecular complexity index is 787. The number of nitrogens with zero attached hydrogens (tertiary/aromatic N) is 2. The molecule has 7 heteroatoms. The van der Waals surface area contributed by atoms with Gasteiger partial charge < -0.3 is 20.3 Å². The van der Waals surface area contributed by atoms with Gasteiger partial charge in [-0.1, -0.05) is 40.2 Å². The van der Waals surface area contributed by atoms with Crippen molar-refractivity contribution in [2.45, 2.75) is 13.0 Å². The number of para-hydroxylation sites is 1. The Morgan fingerprint density at radius 3 is 2.79 bits per heavy atom. The van der Waals surface area contributed by atoms with Crippen molar-refractivity contribution in [2.75, 3.05) is 38.7 Å². The van der Waals surface area contributed by atoms with Crippen molar-refractivity contribution in [1.29, 1.82) is 0 Å². The number of methoxy groups -OCH3 is 1. The van der Waals surface area contributed by atoms with Gasteiger partial charge in [0.1, 0.15) is 5.75 Å². The molecule has 3 rings (SSSR count). The molecule has 1 aliphatic heterocycles. The Morgan fingerprint density at radius 1 is 1.21 bits per heavy atom. The number of hydrogen-bond acceptors (Lipinski definition) is 3. The van der Waals surface area contributed by atoms with Crippen molar-refractivity contribution in [3.05, 3.63) is 58.6 Å². The van der Waals surface area contributed by atoms with Gasteiger partial charge >= 0.3 is 0 Å². The first kappa shape index (κ1) is 22.8. The number of nitrogens with one attached hydrogen (secondary N) is 2. The zero-order chi connectivity index (χ0) is 19.1. The average Bonchev–Trinajstić information content (AvgIpc) is 3.17. The standard InChI is InChI=1S/C21H27BrN4O.HI/c1-23-21(25-14-17-6-3-4-9-20(17)27-2)24-13-16-10-11-26(15-16)19-8-5-7-18(22)12-19;/h3-9,12,16H,10-11,13-15H2,1-2H3,(H2,23,24,25);1H. The van der Waals surface area contributed by atoms with Crippen LogP contribution in [0.2, 0.25) is 0 Å². The Morgan fingerprint density at radius 2 is 2.04 bits per heavy atom. The first-order valence-electron chi connectivity index (χ1n) is 9.26. The summed E-state index contributed by atoms with van der Waals surface area (Å²) >= 11 is 3.56. The van der Waals surface area contributed by atoms with Crippen molar-refractivity contribution >= 4 is 51.6 Å². The number of benzene rings is 2. The fraction of sp³-hybridized carbons (Fsp3) is 0.381. The quantitative estimate of drug-likeness (QED) is 0.316. The van der Waals surface area contributed by atoms with Crippen LogP contribution in [0.3, 0.4) is 0 Å². The van der Waals surface area contributed by atoms with Crippen LogP contribution in [-0.4, -0.2) is 39.8 Å². The lowest BCUT2D eigenvalue weighted by Crippen LogP contribution is -2.40. The predicted molar refractivity (Wildman–Crippen MR) is 131 cm³/mol. The SMILES string of the molecule is CN=C(NCc1ccccc1OC)NCC1CCN(c2cccc(Br)c2)C1.I. The molecule has 0 saturated carbocycles. The van der Waals surface area contributed by atoms with Crippen LogP contribution >= 0.6 is 39.9 Å². The lowest BCUT2D eigenvalue weighted by atomic mass is 10.1. The van der Waals surface area contributed by atoms with E-state index in [9.17, 15) is 0 Å². The number of halogens is 2. The van der Waals surface area contributed by atoms with Crippen LogP contribution in [0.15, 0.2) is 58.0 Å². The van der Waals surface area contributed by atoms with E-state index in [-0.39, 0.29) is 24.0 Å². The highest BCUT2D eigenvalue weighted by molar-refractivity contribution is 14.0. The second-order valence-electron chi connectivity index (χ2n) is 6.70. The summed E-state index contributed by atoms with van der Waals surface area (Å²) in [5.41, 5.74) is 2.40. The topological polar surface area (TPSA) is 48.9 Å². The number of rotatable bonds is 6. The second-order valence-corrected chi connectivity index (χ2v) is 7.61. The van der Waals surface area contributed by atoms with Crippen molar-refractivity contribution in [3.63, 3.8) is 0 Å². The average molecular weight is 559 g/mol. The van der Waals surface area contributed by atoms with Gasteiger partial charge in [-0.05, 0) is 36.6 Å². The third-order valence-corrected chi connectivity index (χ3v) is 5.37. The van der Waals surface area contributed by atoms with Crippen LogP contribution in [0.25, 0.3) is 0 Å². The van der Waals surface area contributed by atoms with Gasteiger partial charge in [-0.3, -0.25) is 4.99 Å². The normalized spacial score (nSPS) is 16.5. The minimum atomic E-state index is 0. The molecule has 28 heavy (non-hydrogen) atoms. The number of aliphatic imine (C=N–C) groups is 1. The Labute approximate surface area is 193 Å². The molecule has 2 aromatic carbocycles. The smallest absolute Gasteiger partial charge is 0.191 e. The van der Waals surface area contributed by atoms with Gasteiger partial charge in [0.05, 0.1) is 7.11 Å². The molecule has 0 amide bonds. The molecule has 1 aliphatic rings. The predicted octanol–water partition coefficient (Wildman–Crippen LogP) is 4.27. The summed E-state index contributed by atoms with van der Waals surface area (Å²) < 4.78 is 6.53. The largest absolute Gasteiger partial charge is 0.496 e. The van der Waals surface area contributed by atoms with Crippen molar-refractivity contribution in [1.82, 2.24) is 10.6 Å². The van der Waals surface area contributed by atoms with Crippen LogP contribution in [0.4, 0.5) is 5.69 Å². The third kappa shape index (κ3) is 6.27. The van der Waals surface area contributed by atoms with E-state index in [0.29, 0.717) is 12.5 Å². The highest BCUT2D eigenvalue weighted by Gasteiger charge is 2.23. The van der Waals surface area contributed by atoms with Crippen molar-refractivity contribution < 1.29 is 4.74 Å². The molecular formula is C21H28BrIN4O. The highest BCUT2D eigenvalue weighted by atomic mass is 127. The van der Waals surface area contributed by atoms with E-state index in [2.05, 4.69) is 66.8 Å². The van der Waals surface area contributed by atoms with Gasteiger partial charge in [-0.25, -0.2) is 0 Å². The van der Waals surface area contributed by atoms with Gasteiger partial charge in [-0.2, -0.15) is 0 Å². The van der Waals surface area contributed by atoms with E-state index < -0.39 is 0 Å². The summed E-state index contributed by atoms with van der Waals surface area (Å²) in [7, 11) is 3.50. The van der Waals surface area contributed by atoms with Gasteiger partial charge in [0.2, 0.25) is 0 Å². The van der Waals surface area contributed by atoms with Gasteiger partial charge in [0.25, 0.3) is 0 Å². The minimum Gasteiger partial charge on any atom is -0.496 e. The monoisotopic (exact) mass is 558 g/mol. The van der Waals surface area contributed by atoms with Crippen molar-refractivity contribution in [2.24, 2.45) is 10.9 Å². The van der Waals surface area contributed by atoms with Gasteiger partial charge in [0.15, 0.2) is 5.96 Å². The second kappa shape index (κ2) is 11.5. The molecule has 1 saturated heterocycles. The Balaban J connectivity index is 0.00000280. The van der Waals surface area contributed by atoms with Crippen LogP contribution < -0.4 is 20.3 Å². The van der Waals surface area contributed by atoms with Crippen molar-refractivity contribution in [3.8, 4) is 5.75 Å². The molecule has 0 bridgehead atoms. The first-order valence-corrected chi connectivity index (χ1v) is 10.1. The number of anilines is 1. The maximum absolute atomic E-state index is 5.41. The number of guanidine groups is 1. The molecule has 0 spiro atoms. The maximum Gasteiger partial charge on any atom is 0.191 e. The zero-order valence-corrected chi connectivity index (χ0v) is 20.2. The molecule has 0 aromatic heterocycles. The van der Waals surface area contributed by atoms with Crippen LogP contribution in [0, 0.1) is 5.92 Å². The van der Waals surface area contributed by atoms with E-state index in [4.69, 9.17) is 4.74 Å². The molecular weight excluding hydrogens is 531 g/mol. The summed E-state index contributed by atoms with van der Waals surface area (Å²) in [4.78, 5) is 6.79. The molecule has 2 N–H and O–H groups in total. The third-order valence-electron chi connectivity index (χ3n) is 4.88. The summed E-state index contributed by atoms with van der Waals surface area (Å²) in [6, 6.07) is 16.5. The summed E-state index contributed by atoms with van der Waals surface area (Å²) in [5, 5.41) is 6.84. The molecule has 1 unspecified atom stereocenters. The fourth-order valence-corrected chi connectivity index (χ4v) is 3.78. The Hall–Kier alpha value is -1.48. The lowest BCUT2D eigenvalue weighted by molar-refractivity contribution is 0.409. The summed E-state index contributed by atoms with van der Waals surface area (Å²) in [5.74, 6) is 2.32. The Kier molecular flexibility index (Phi) is 9.37. The molecule has 0 aliphatic carbocycles. The summed E-state index contributed by atoms with van der Waals surface area (Å²) in [6.07, 6.45) is 1.18. The van der Waals surface area contributed by atoms with Crippen LogP contribution in [0.5, 0.6) is 5.75 Å². The maximum atomic E-state index is 5.41. The molecule has 5 nitrogen and oxygen atoms in total. The molecule has 152 valence electrons. The van der Waals surface area contributed by atoms with E-state index in [1.54, 1.807) is 14.2 Å². The minimum absolute atomic E-state index is 0. The van der Waals surface area contributed by atoms with Gasteiger partial charge in [0, 0.05) is 49.0 Å². The number of ether oxygens (including phenoxy) is 1. The lowest BCUT2D eigenvalue weighted by Gasteiger charge is -2.20. The molecule has 1 heterocycles. The summed E-state index contributed by atoms with van der Waals surface area (Å²) in [6.45, 7) is 3.75. The van der Waals surface area contributed by atoms with E-state index in [1.807, 2.05) is 18.2 Å². The van der Waals surface area contributed by atoms with E-state index >= 15 is 0 Å². The first-order chi connectivity index (χ1) is 13.2. The number of hydrogen-bond donors (Lipinski definition) is 2. The van der Waals surface area contributed by atoms with E-state index in [1.165, 1.54) is 12.1 Å². The molecule has 1 atom stereocenters. The fourth-order valence-electron chi connectivity index (χ4n) is 3.40. The molecule has 1 fully saturated rings.